The molecule has 0 saturated heterocycles. The van der Waals surface area contributed by atoms with E-state index in [9.17, 15) is 0 Å². The van der Waals surface area contributed by atoms with Crippen molar-refractivity contribution in [2.75, 3.05) is 20.3 Å². The quantitative estimate of drug-likeness (QED) is 0.468. The number of nitrogens with zero attached hydrogens (tertiary/aromatic N) is 1. The molecule has 0 aliphatic rings. The fourth-order valence-corrected chi connectivity index (χ4v) is 0.0707. The Labute approximate surface area is 38.4 Å². The summed E-state index contributed by atoms with van der Waals surface area (Å²) < 4.78 is 0. The molecule has 0 heterocycles. The molecule has 0 aliphatic heterocycles. The monoisotopic (exact) mass is 88.1 g/mol. The summed E-state index contributed by atoms with van der Waals surface area (Å²) in [5.74, 6) is 0. The van der Waals surface area contributed by atoms with Crippen molar-refractivity contribution in [1.29, 1.82) is 0 Å². The smallest absolute Gasteiger partial charge is 0.0954 e. The van der Waals surface area contributed by atoms with Gasteiger partial charge in [0.05, 0.1) is 6.73 Å². The zero-order valence-electron chi connectivity index (χ0n) is 4.02. The minimum atomic E-state index is 0.101. The molecule has 0 bridgehead atoms. The van der Waals surface area contributed by atoms with Crippen LogP contribution in [0.4, 0.5) is 0 Å². The van der Waals surface area contributed by atoms with Gasteiger partial charge in [0, 0.05) is 6.54 Å². The van der Waals surface area contributed by atoms with Crippen LogP contribution in [0.3, 0.4) is 0 Å². The summed E-state index contributed by atoms with van der Waals surface area (Å²) in [6.07, 6.45) is 0. The summed E-state index contributed by atoms with van der Waals surface area (Å²) in [4.78, 5) is 1.69. The van der Waals surface area contributed by atoms with Crippen molar-refractivity contribution >= 4 is 0 Å². The molecule has 0 unspecified atom stereocenters. The summed E-state index contributed by atoms with van der Waals surface area (Å²) in [6, 6.07) is 0. The minimum absolute atomic E-state index is 0.101. The van der Waals surface area contributed by atoms with Crippen LogP contribution >= 0.6 is 0 Å². The minimum Gasteiger partial charge on any atom is -0.381 e. The van der Waals surface area contributed by atoms with Crippen LogP contribution in [0.1, 0.15) is 0 Å². The second kappa shape index (κ2) is 3.12. The topological polar surface area (TPSA) is 23.5 Å². The molecule has 2 nitrogen and oxygen atoms in total. The average Bonchev–Trinajstić information content (AvgIpc) is 1.65. The Morgan fingerprint density at radius 2 is 2.33 bits per heavy atom. The highest BCUT2D eigenvalue weighted by molar-refractivity contribution is 4.41. The maximum atomic E-state index is 8.22. The Morgan fingerprint density at radius 1 is 1.83 bits per heavy atom. The lowest BCUT2D eigenvalue weighted by molar-refractivity contribution is 0.144. The van der Waals surface area contributed by atoms with Gasteiger partial charge in [-0.15, -0.1) is 0 Å². The van der Waals surface area contributed by atoms with Crippen molar-refractivity contribution in [2.45, 2.75) is 0 Å². The summed E-state index contributed by atoms with van der Waals surface area (Å²) in [7, 11) is 1.80. The molecule has 1 N–H and O–H groups in total. The highest BCUT2D eigenvalue weighted by Crippen LogP contribution is 1.70. The normalized spacial score (nSPS) is 10.0. The SMILES string of the molecule is [CH2]CN(C)CO. The van der Waals surface area contributed by atoms with Crippen molar-refractivity contribution < 1.29 is 5.11 Å². The summed E-state index contributed by atoms with van der Waals surface area (Å²) >= 11 is 0. The molecule has 1 radical (unpaired) electrons. The third-order valence-corrected chi connectivity index (χ3v) is 0.623. The Morgan fingerprint density at radius 3 is 2.33 bits per heavy atom. The van der Waals surface area contributed by atoms with Gasteiger partial charge in [-0.05, 0) is 14.0 Å². The lowest BCUT2D eigenvalue weighted by atomic mass is 10.7. The van der Waals surface area contributed by atoms with Crippen LogP contribution < -0.4 is 0 Å². The van der Waals surface area contributed by atoms with E-state index in [0.717, 1.165) is 0 Å². The second-order valence-corrected chi connectivity index (χ2v) is 1.22. The van der Waals surface area contributed by atoms with Crippen LogP contribution in [0.2, 0.25) is 0 Å². The predicted molar refractivity (Wildman–Crippen MR) is 25.1 cm³/mol. The second-order valence-electron chi connectivity index (χ2n) is 1.22. The van der Waals surface area contributed by atoms with E-state index in [1.54, 1.807) is 11.9 Å². The molecule has 0 aromatic carbocycles. The van der Waals surface area contributed by atoms with E-state index in [1.807, 2.05) is 0 Å². The van der Waals surface area contributed by atoms with Crippen LogP contribution in [0.15, 0.2) is 0 Å². The Kier molecular flexibility index (Phi) is 3.08. The van der Waals surface area contributed by atoms with E-state index in [4.69, 9.17) is 5.11 Å². The first-order chi connectivity index (χ1) is 2.81. The highest BCUT2D eigenvalue weighted by Gasteiger charge is 1.83. The molecule has 37 valence electrons. The van der Waals surface area contributed by atoms with E-state index < -0.39 is 0 Å². The van der Waals surface area contributed by atoms with E-state index >= 15 is 0 Å². The first kappa shape index (κ1) is 5.92. The maximum absolute atomic E-state index is 8.22. The van der Waals surface area contributed by atoms with Crippen molar-refractivity contribution in [3.8, 4) is 0 Å². The van der Waals surface area contributed by atoms with Gasteiger partial charge >= 0.3 is 0 Å². The zero-order valence-corrected chi connectivity index (χ0v) is 4.02. The zero-order chi connectivity index (χ0) is 4.99. The van der Waals surface area contributed by atoms with Crippen LogP contribution in [0.25, 0.3) is 0 Å². The summed E-state index contributed by atoms with van der Waals surface area (Å²) in [5.41, 5.74) is 0. The van der Waals surface area contributed by atoms with Crippen LogP contribution in [0.5, 0.6) is 0 Å². The molecule has 0 rings (SSSR count). The van der Waals surface area contributed by atoms with Crippen molar-refractivity contribution in [2.24, 2.45) is 0 Å². The Balaban J connectivity index is 2.75. The van der Waals surface area contributed by atoms with Gasteiger partial charge in [-0.25, -0.2) is 0 Å². The number of aliphatic hydroxyl groups is 1. The van der Waals surface area contributed by atoms with Gasteiger partial charge in [0.25, 0.3) is 0 Å². The maximum Gasteiger partial charge on any atom is 0.0954 e. The van der Waals surface area contributed by atoms with E-state index in [-0.39, 0.29) is 6.73 Å². The van der Waals surface area contributed by atoms with Crippen molar-refractivity contribution in [3.63, 3.8) is 0 Å². The molecular weight excluding hydrogens is 78.0 g/mol. The molecule has 0 aromatic heterocycles. The van der Waals surface area contributed by atoms with Gasteiger partial charge in [-0.1, -0.05) is 0 Å². The highest BCUT2D eigenvalue weighted by atomic mass is 16.3. The van der Waals surface area contributed by atoms with Gasteiger partial charge < -0.3 is 5.11 Å². The summed E-state index contributed by atoms with van der Waals surface area (Å²) in [6.45, 7) is 4.29. The lowest BCUT2D eigenvalue weighted by Crippen LogP contribution is -2.17. The van der Waals surface area contributed by atoms with Crippen molar-refractivity contribution in [1.82, 2.24) is 4.90 Å². The fraction of sp³-hybridized carbons (Fsp3) is 0.750. The van der Waals surface area contributed by atoms with Crippen LogP contribution in [-0.2, 0) is 0 Å². The van der Waals surface area contributed by atoms with Crippen LogP contribution in [-0.4, -0.2) is 30.3 Å². The number of rotatable bonds is 2. The number of hydrogen-bond donors (Lipinski definition) is 1. The van der Waals surface area contributed by atoms with E-state index in [1.165, 1.54) is 0 Å². The number of aliphatic hydroxyl groups excluding tert-OH is 1. The largest absolute Gasteiger partial charge is 0.381 e. The van der Waals surface area contributed by atoms with Gasteiger partial charge in [-0.2, -0.15) is 0 Å². The first-order valence-electron chi connectivity index (χ1n) is 1.90. The molecule has 0 saturated carbocycles. The van der Waals surface area contributed by atoms with Gasteiger partial charge in [0.1, 0.15) is 0 Å². The van der Waals surface area contributed by atoms with Gasteiger partial charge in [0.15, 0.2) is 0 Å². The molecule has 0 aliphatic carbocycles. The van der Waals surface area contributed by atoms with Gasteiger partial charge in [0.2, 0.25) is 0 Å². The standard InChI is InChI=1S/C4H10NO/c1-3-5(2)4-6/h6H,1,3-4H2,2H3. The predicted octanol–water partition coefficient (Wildman–Crippen LogP) is -0.298. The van der Waals surface area contributed by atoms with Crippen LogP contribution in [0, 0.1) is 6.92 Å². The fourth-order valence-electron chi connectivity index (χ4n) is 0.0707. The third kappa shape index (κ3) is 2.18. The van der Waals surface area contributed by atoms with Gasteiger partial charge in [-0.3, -0.25) is 4.90 Å². The van der Waals surface area contributed by atoms with E-state index in [2.05, 4.69) is 6.92 Å². The number of hydrogen-bond acceptors (Lipinski definition) is 2. The third-order valence-electron chi connectivity index (χ3n) is 0.623. The Hall–Kier alpha value is -0.0800. The molecule has 6 heavy (non-hydrogen) atoms. The molecule has 0 atom stereocenters. The molecule has 0 spiro atoms. The molecule has 0 fully saturated rings. The molecule has 0 amide bonds. The van der Waals surface area contributed by atoms with E-state index in [0.29, 0.717) is 6.54 Å². The Bertz CT molecular complexity index is 26.7. The molecular formula is C4H10NO. The first-order valence-corrected chi connectivity index (χ1v) is 1.90. The van der Waals surface area contributed by atoms with Crippen molar-refractivity contribution in [3.05, 3.63) is 6.92 Å². The summed E-state index contributed by atoms with van der Waals surface area (Å²) in [5, 5.41) is 8.22. The molecule has 2 heteroatoms. The molecule has 0 aromatic rings. The average molecular weight is 88.1 g/mol. The lowest BCUT2D eigenvalue weighted by Gasteiger charge is -2.06.